The molecule has 0 heterocycles. The molecule has 158 valence electrons. The normalized spacial score (nSPS) is 23.5. The molecule has 0 unspecified atom stereocenters. The molecule has 1 saturated carbocycles. The maximum Gasteiger partial charge on any atom is 0.338 e. The fraction of sp³-hybridized carbons (Fsp3) is 0.476. The van der Waals surface area contributed by atoms with E-state index in [0.717, 1.165) is 43.0 Å². The quantitative estimate of drug-likeness (QED) is 0.422. The zero-order valence-corrected chi connectivity index (χ0v) is 16.8. The van der Waals surface area contributed by atoms with Gasteiger partial charge in [-0.3, -0.25) is 10.4 Å². The molecule has 1 fully saturated rings. The fourth-order valence-electron chi connectivity index (χ4n) is 4.31. The number of ether oxygens (including phenoxy) is 1. The molecule has 0 bridgehead atoms. The summed E-state index contributed by atoms with van der Waals surface area (Å²) in [5.41, 5.74) is 2.60. The second kappa shape index (κ2) is 7.79. The third-order valence-electron chi connectivity index (χ3n) is 6.06. The Morgan fingerprint density at radius 2 is 1.90 bits per heavy atom. The van der Waals surface area contributed by atoms with Crippen LogP contribution in [-0.2, 0) is 4.74 Å². The Bertz CT molecular complexity index is 832. The van der Waals surface area contributed by atoms with Gasteiger partial charge in [-0.05, 0) is 44.4 Å². The number of carbonyl (C=O) groups is 1. The van der Waals surface area contributed by atoms with E-state index in [4.69, 9.17) is 4.74 Å². The van der Waals surface area contributed by atoms with Gasteiger partial charge in [0.25, 0.3) is 0 Å². The van der Waals surface area contributed by atoms with Crippen LogP contribution in [0.25, 0.3) is 0 Å². The van der Waals surface area contributed by atoms with Gasteiger partial charge in [-0.1, -0.05) is 37.1 Å². The van der Waals surface area contributed by atoms with Crippen molar-refractivity contribution in [1.82, 2.24) is 0 Å². The number of fused-ring (bicyclic) bond motifs is 1. The van der Waals surface area contributed by atoms with E-state index in [1.54, 1.807) is 0 Å². The molecule has 8 nitrogen and oxygen atoms in total. The molecule has 2 aliphatic rings. The van der Waals surface area contributed by atoms with Crippen LogP contribution in [0.3, 0.4) is 0 Å². The molecule has 0 aliphatic heterocycles. The summed E-state index contributed by atoms with van der Waals surface area (Å²) >= 11 is 0. The van der Waals surface area contributed by atoms with Crippen molar-refractivity contribution < 1.29 is 19.9 Å². The highest BCUT2D eigenvalue weighted by molar-refractivity contribution is 5.92. The minimum Gasteiger partial charge on any atom is -0.769 e. The van der Waals surface area contributed by atoms with Gasteiger partial charge in [0.05, 0.1) is 11.3 Å². The summed E-state index contributed by atoms with van der Waals surface area (Å²) in [4.78, 5) is 12.8. The number of benzene rings is 1. The zero-order valence-electron chi connectivity index (χ0n) is 16.8. The second-order valence-electron chi connectivity index (χ2n) is 8.60. The van der Waals surface area contributed by atoms with Crippen molar-refractivity contribution in [3.8, 4) is 0 Å². The standard InChI is InChI=1S/C21H26N2O6/c1-12-5-6-17-13(2)7-19(21(3,4)11-18(12)17)29-20(24)14-8-15(22(25)26)10-16(9-14)23(27)28/h8-10,17,19,25-26H,2,5-7,11H2,1,3-4H3/q-2/t17-,19+/m0/s1. The average Bonchev–Trinajstić information content (AvgIpc) is 2.96. The van der Waals surface area contributed by atoms with Gasteiger partial charge in [0.15, 0.2) is 0 Å². The minimum atomic E-state index is -0.750. The molecule has 2 N–H and O–H groups in total. The Morgan fingerprint density at radius 1 is 1.24 bits per heavy atom. The molecule has 1 aromatic carbocycles. The van der Waals surface area contributed by atoms with Crippen molar-refractivity contribution in [2.75, 3.05) is 10.5 Å². The highest BCUT2D eigenvalue weighted by atomic mass is 16.8. The zero-order chi connectivity index (χ0) is 21.5. The van der Waals surface area contributed by atoms with Crippen molar-refractivity contribution in [2.24, 2.45) is 11.3 Å². The molecule has 0 amide bonds. The highest BCUT2D eigenvalue weighted by Crippen LogP contribution is 2.49. The van der Waals surface area contributed by atoms with Crippen LogP contribution in [0.15, 0.2) is 41.5 Å². The maximum atomic E-state index is 12.8. The number of nitrogens with zero attached hydrogens (tertiary/aromatic N) is 2. The number of hydrogen-bond acceptors (Lipinski definition) is 8. The van der Waals surface area contributed by atoms with Gasteiger partial charge >= 0.3 is 5.97 Å². The summed E-state index contributed by atoms with van der Waals surface area (Å²) in [5.74, 6) is -0.430. The lowest BCUT2D eigenvalue weighted by Crippen LogP contribution is -2.33. The molecule has 0 spiro atoms. The lowest BCUT2D eigenvalue weighted by molar-refractivity contribution is -0.00589. The molecule has 0 aromatic heterocycles. The monoisotopic (exact) mass is 402 g/mol. The van der Waals surface area contributed by atoms with E-state index in [0.29, 0.717) is 12.3 Å². The van der Waals surface area contributed by atoms with Crippen LogP contribution in [0.5, 0.6) is 0 Å². The van der Waals surface area contributed by atoms with Gasteiger partial charge < -0.3 is 20.4 Å². The van der Waals surface area contributed by atoms with Crippen molar-refractivity contribution in [3.05, 3.63) is 57.5 Å². The topological polar surface area (TPSA) is 119 Å². The number of anilines is 2. The number of allylic oxidation sites excluding steroid dienone is 2. The smallest absolute Gasteiger partial charge is 0.338 e. The van der Waals surface area contributed by atoms with E-state index in [2.05, 4.69) is 13.5 Å². The van der Waals surface area contributed by atoms with Crippen LogP contribution in [0, 0.1) is 21.7 Å². The molecule has 3 rings (SSSR count). The number of esters is 1. The Morgan fingerprint density at radius 3 is 2.52 bits per heavy atom. The fourth-order valence-corrected chi connectivity index (χ4v) is 4.31. The third-order valence-corrected chi connectivity index (χ3v) is 6.06. The Labute approximate surface area is 169 Å². The molecule has 0 radical (unpaired) electrons. The Balaban J connectivity index is 1.88. The first-order valence-corrected chi connectivity index (χ1v) is 9.54. The van der Waals surface area contributed by atoms with Crippen LogP contribution in [0.1, 0.15) is 56.8 Å². The molecule has 29 heavy (non-hydrogen) atoms. The third kappa shape index (κ3) is 4.30. The largest absolute Gasteiger partial charge is 0.769 e. The summed E-state index contributed by atoms with van der Waals surface area (Å²) in [6.45, 7) is 10.5. The number of carbonyl (C=O) groups excluding carboxylic acids is 1. The van der Waals surface area contributed by atoms with Gasteiger partial charge in [0.2, 0.25) is 0 Å². The van der Waals surface area contributed by atoms with Gasteiger partial charge in [0, 0.05) is 23.4 Å². The first kappa shape index (κ1) is 21.3. The van der Waals surface area contributed by atoms with Crippen molar-refractivity contribution in [2.45, 2.75) is 52.6 Å². The van der Waals surface area contributed by atoms with E-state index in [1.165, 1.54) is 11.1 Å². The molecular weight excluding hydrogens is 376 g/mol. The summed E-state index contributed by atoms with van der Waals surface area (Å²) in [7, 11) is 0. The molecule has 0 saturated heterocycles. The van der Waals surface area contributed by atoms with Crippen molar-refractivity contribution >= 4 is 17.3 Å². The Hall–Kier alpha value is -2.39. The van der Waals surface area contributed by atoms with Crippen LogP contribution >= 0.6 is 0 Å². The van der Waals surface area contributed by atoms with Crippen molar-refractivity contribution in [1.29, 1.82) is 0 Å². The van der Waals surface area contributed by atoms with E-state index < -0.39 is 23.0 Å². The van der Waals surface area contributed by atoms with Crippen LogP contribution < -0.4 is 10.5 Å². The predicted molar refractivity (Wildman–Crippen MR) is 108 cm³/mol. The summed E-state index contributed by atoms with van der Waals surface area (Å²) < 4.78 is 5.79. The van der Waals surface area contributed by atoms with Gasteiger partial charge in [-0.25, -0.2) is 4.79 Å². The van der Waals surface area contributed by atoms with Gasteiger partial charge in [-0.15, -0.1) is 5.23 Å². The van der Waals surface area contributed by atoms with Crippen LogP contribution in [0.4, 0.5) is 11.4 Å². The van der Waals surface area contributed by atoms with Gasteiger partial charge in [-0.2, -0.15) is 0 Å². The van der Waals surface area contributed by atoms with E-state index in [-0.39, 0.29) is 21.9 Å². The molecule has 8 heteroatoms. The van der Waals surface area contributed by atoms with E-state index in [1.807, 2.05) is 13.8 Å². The first-order valence-electron chi connectivity index (χ1n) is 9.54. The molecule has 2 aliphatic carbocycles. The lowest BCUT2D eigenvalue weighted by Gasteiger charge is -2.38. The van der Waals surface area contributed by atoms with Crippen molar-refractivity contribution in [3.63, 3.8) is 0 Å². The summed E-state index contributed by atoms with van der Waals surface area (Å²) in [5, 5.41) is 39.7. The second-order valence-corrected chi connectivity index (χ2v) is 8.60. The summed E-state index contributed by atoms with van der Waals surface area (Å²) in [6, 6.07) is 3.15. The van der Waals surface area contributed by atoms with Gasteiger partial charge in [0.1, 0.15) is 6.10 Å². The molecule has 2 atom stereocenters. The average molecular weight is 402 g/mol. The molecule has 1 aromatic rings. The number of rotatable bonds is 4. The minimum absolute atomic E-state index is 0.122. The SMILES string of the molecule is C=C1C[C@@H](OC(=O)c2cc(N([O-])[O-])cc(N(O)O)c2)C(C)(C)CC2=C(C)CC[C@@H]12. The van der Waals surface area contributed by atoms with E-state index in [9.17, 15) is 25.6 Å². The lowest BCUT2D eigenvalue weighted by atomic mass is 9.80. The van der Waals surface area contributed by atoms with E-state index >= 15 is 0 Å². The Kier molecular flexibility index (Phi) is 5.73. The summed E-state index contributed by atoms with van der Waals surface area (Å²) in [6.07, 6.45) is 2.97. The molecular formula is C21H26N2O6-2. The predicted octanol–water partition coefficient (Wildman–Crippen LogP) is 4.70. The number of hydrogen-bond donors (Lipinski definition) is 2. The highest BCUT2D eigenvalue weighted by Gasteiger charge is 2.42. The van der Waals surface area contributed by atoms with Crippen LogP contribution in [-0.4, -0.2) is 22.5 Å². The van der Waals surface area contributed by atoms with Crippen LogP contribution in [0.2, 0.25) is 0 Å². The maximum absolute atomic E-state index is 12.8. The first-order chi connectivity index (χ1) is 13.5.